The van der Waals surface area contributed by atoms with Gasteiger partial charge in [-0.3, -0.25) is 4.79 Å². The van der Waals surface area contributed by atoms with Crippen LogP contribution in [0.2, 0.25) is 5.02 Å². The van der Waals surface area contributed by atoms with Crippen LogP contribution in [0.4, 0.5) is 5.69 Å². The number of carbonyl (C=O) groups excluding carboxylic acids is 1. The van der Waals surface area contributed by atoms with Crippen molar-refractivity contribution >= 4 is 44.6 Å². The Morgan fingerprint density at radius 3 is 2.80 bits per heavy atom. The average molecular weight is 311 g/mol. The monoisotopic (exact) mass is 310 g/mol. The van der Waals surface area contributed by atoms with E-state index in [1.54, 1.807) is 6.07 Å². The minimum absolute atomic E-state index is 0.113. The number of nitrogen functional groups attached to an aromatic ring is 1. The molecule has 1 aromatic carbocycles. The van der Waals surface area contributed by atoms with Crippen LogP contribution < -0.4 is 11.1 Å². The van der Waals surface area contributed by atoms with Gasteiger partial charge in [-0.25, -0.2) is 0 Å². The smallest absolute Gasteiger partial charge is 0.263 e. The molecule has 0 aliphatic carbocycles. The second-order valence-electron chi connectivity index (χ2n) is 5.57. The zero-order valence-corrected chi connectivity index (χ0v) is 13.5. The Labute approximate surface area is 128 Å². The van der Waals surface area contributed by atoms with Crippen LogP contribution in [0.5, 0.6) is 0 Å². The van der Waals surface area contributed by atoms with Crippen molar-refractivity contribution < 1.29 is 4.79 Å². The summed E-state index contributed by atoms with van der Waals surface area (Å²) >= 11 is 7.36. The van der Waals surface area contributed by atoms with E-state index in [1.807, 2.05) is 26.0 Å². The molecule has 0 fully saturated rings. The van der Waals surface area contributed by atoms with Crippen molar-refractivity contribution in [3.63, 3.8) is 0 Å². The maximum absolute atomic E-state index is 12.4. The van der Waals surface area contributed by atoms with Crippen LogP contribution in [0, 0.1) is 0 Å². The molecule has 0 saturated heterocycles. The van der Waals surface area contributed by atoms with Gasteiger partial charge < -0.3 is 11.1 Å². The standard InChI is InChI=1S/C15H19ClN2OS/c1-4-7-15(2,3)18-14(19)13-12(17)10-6-5-9(16)8-11(10)20-13/h5-6,8H,4,7,17H2,1-3H3,(H,18,19). The molecule has 0 unspecified atom stereocenters. The zero-order valence-electron chi connectivity index (χ0n) is 11.9. The summed E-state index contributed by atoms with van der Waals surface area (Å²) in [4.78, 5) is 13.0. The average Bonchev–Trinajstić information content (AvgIpc) is 2.65. The summed E-state index contributed by atoms with van der Waals surface area (Å²) in [7, 11) is 0. The van der Waals surface area contributed by atoms with E-state index in [-0.39, 0.29) is 11.4 Å². The minimum atomic E-state index is -0.230. The maximum atomic E-state index is 12.4. The molecule has 20 heavy (non-hydrogen) atoms. The summed E-state index contributed by atoms with van der Waals surface area (Å²) in [6, 6.07) is 5.49. The van der Waals surface area contributed by atoms with E-state index < -0.39 is 0 Å². The molecule has 3 nitrogen and oxygen atoms in total. The van der Waals surface area contributed by atoms with Gasteiger partial charge in [-0.1, -0.05) is 24.9 Å². The normalized spacial score (nSPS) is 11.8. The summed E-state index contributed by atoms with van der Waals surface area (Å²) in [5.41, 5.74) is 6.39. The van der Waals surface area contributed by atoms with Crippen LogP contribution in [0.15, 0.2) is 18.2 Å². The Balaban J connectivity index is 2.33. The lowest BCUT2D eigenvalue weighted by atomic mass is 9.99. The van der Waals surface area contributed by atoms with Crippen LogP contribution in [-0.4, -0.2) is 11.4 Å². The molecule has 2 rings (SSSR count). The van der Waals surface area contributed by atoms with Crippen LogP contribution >= 0.6 is 22.9 Å². The number of rotatable bonds is 4. The van der Waals surface area contributed by atoms with Gasteiger partial charge in [0.15, 0.2) is 0 Å². The number of nitrogens with one attached hydrogen (secondary N) is 1. The van der Waals surface area contributed by atoms with Gasteiger partial charge in [0.2, 0.25) is 0 Å². The lowest BCUT2D eigenvalue weighted by molar-refractivity contribution is 0.0914. The number of nitrogens with two attached hydrogens (primary N) is 1. The molecule has 0 aliphatic heterocycles. The van der Waals surface area contributed by atoms with Gasteiger partial charge >= 0.3 is 0 Å². The van der Waals surface area contributed by atoms with Crippen LogP contribution in [0.25, 0.3) is 10.1 Å². The second-order valence-corrected chi connectivity index (χ2v) is 7.06. The number of benzene rings is 1. The fraction of sp³-hybridized carbons (Fsp3) is 0.400. The predicted octanol–water partition coefficient (Wildman–Crippen LogP) is 4.45. The summed E-state index contributed by atoms with van der Waals surface area (Å²) in [6.07, 6.45) is 1.94. The van der Waals surface area contributed by atoms with Crippen molar-refractivity contribution in [1.29, 1.82) is 0 Å². The number of amides is 1. The van der Waals surface area contributed by atoms with Gasteiger partial charge in [-0.2, -0.15) is 0 Å². The lowest BCUT2D eigenvalue weighted by Gasteiger charge is -2.25. The first-order chi connectivity index (χ1) is 9.34. The summed E-state index contributed by atoms with van der Waals surface area (Å²) in [5, 5.41) is 4.59. The second kappa shape index (κ2) is 5.62. The van der Waals surface area contributed by atoms with Crippen molar-refractivity contribution in [2.75, 3.05) is 5.73 Å². The highest BCUT2D eigenvalue weighted by atomic mass is 35.5. The van der Waals surface area contributed by atoms with Crippen molar-refractivity contribution in [2.24, 2.45) is 0 Å². The molecule has 0 saturated carbocycles. The van der Waals surface area contributed by atoms with Crippen LogP contribution in [-0.2, 0) is 0 Å². The summed E-state index contributed by atoms with van der Waals surface area (Å²) in [5.74, 6) is -0.113. The Bertz CT molecular complexity index is 649. The Hall–Kier alpha value is -1.26. The SMILES string of the molecule is CCCC(C)(C)NC(=O)c1sc2cc(Cl)ccc2c1N. The molecule has 1 amide bonds. The van der Waals surface area contributed by atoms with Crippen molar-refractivity contribution in [2.45, 2.75) is 39.2 Å². The largest absolute Gasteiger partial charge is 0.397 e. The van der Waals surface area contributed by atoms with Crippen molar-refractivity contribution in [1.82, 2.24) is 5.32 Å². The van der Waals surface area contributed by atoms with E-state index in [4.69, 9.17) is 17.3 Å². The van der Waals surface area contributed by atoms with Crippen LogP contribution in [0.3, 0.4) is 0 Å². The number of anilines is 1. The lowest BCUT2D eigenvalue weighted by Crippen LogP contribution is -2.43. The maximum Gasteiger partial charge on any atom is 0.263 e. The fourth-order valence-electron chi connectivity index (χ4n) is 2.31. The molecular formula is C15H19ClN2OS. The Kier molecular flexibility index (Phi) is 4.25. The van der Waals surface area contributed by atoms with Gasteiger partial charge in [0.05, 0.1) is 5.69 Å². The molecule has 2 aromatic rings. The number of thiophene rings is 1. The highest BCUT2D eigenvalue weighted by molar-refractivity contribution is 7.21. The number of fused-ring (bicyclic) bond motifs is 1. The summed E-state index contributed by atoms with van der Waals surface area (Å²) in [6.45, 7) is 6.15. The first-order valence-corrected chi connectivity index (χ1v) is 7.83. The number of hydrogen-bond acceptors (Lipinski definition) is 3. The van der Waals surface area contributed by atoms with E-state index in [0.29, 0.717) is 15.6 Å². The van der Waals surface area contributed by atoms with E-state index >= 15 is 0 Å². The fourth-order valence-corrected chi connectivity index (χ4v) is 3.60. The number of carbonyl (C=O) groups is 1. The topological polar surface area (TPSA) is 55.1 Å². The molecule has 0 spiro atoms. The van der Waals surface area contributed by atoms with Gasteiger partial charge in [0, 0.05) is 20.6 Å². The molecule has 1 aromatic heterocycles. The Morgan fingerprint density at radius 2 is 2.15 bits per heavy atom. The van der Waals surface area contributed by atoms with E-state index in [0.717, 1.165) is 22.9 Å². The first-order valence-electron chi connectivity index (χ1n) is 6.64. The highest BCUT2D eigenvalue weighted by Crippen LogP contribution is 2.35. The highest BCUT2D eigenvalue weighted by Gasteiger charge is 2.23. The molecule has 0 atom stereocenters. The van der Waals surface area contributed by atoms with Crippen molar-refractivity contribution in [3.05, 3.63) is 28.1 Å². The van der Waals surface area contributed by atoms with Gasteiger partial charge in [0.1, 0.15) is 4.88 Å². The quantitative estimate of drug-likeness (QED) is 0.876. The van der Waals surface area contributed by atoms with E-state index in [2.05, 4.69) is 12.2 Å². The van der Waals surface area contributed by atoms with Gasteiger partial charge in [0.25, 0.3) is 5.91 Å². The molecule has 3 N–H and O–H groups in total. The number of halogens is 1. The first kappa shape index (κ1) is 15.1. The van der Waals surface area contributed by atoms with Crippen LogP contribution in [0.1, 0.15) is 43.3 Å². The molecule has 1 heterocycles. The molecule has 0 aliphatic rings. The predicted molar refractivity (Wildman–Crippen MR) is 87.7 cm³/mol. The molecular weight excluding hydrogens is 292 g/mol. The molecule has 5 heteroatoms. The minimum Gasteiger partial charge on any atom is -0.397 e. The third kappa shape index (κ3) is 3.07. The molecule has 108 valence electrons. The van der Waals surface area contributed by atoms with Crippen molar-refractivity contribution in [3.8, 4) is 0 Å². The molecule has 0 radical (unpaired) electrons. The number of hydrogen-bond donors (Lipinski definition) is 2. The van der Waals surface area contributed by atoms with E-state index in [9.17, 15) is 4.79 Å². The third-order valence-corrected chi connectivity index (χ3v) is 4.63. The van der Waals surface area contributed by atoms with Gasteiger partial charge in [-0.05, 0) is 38.5 Å². The van der Waals surface area contributed by atoms with E-state index in [1.165, 1.54) is 11.3 Å². The molecule has 0 bridgehead atoms. The summed E-state index contributed by atoms with van der Waals surface area (Å²) < 4.78 is 0.938. The third-order valence-electron chi connectivity index (χ3n) is 3.22. The Morgan fingerprint density at radius 1 is 1.45 bits per heavy atom. The van der Waals surface area contributed by atoms with Gasteiger partial charge in [-0.15, -0.1) is 11.3 Å². The zero-order chi connectivity index (χ0) is 14.9.